The van der Waals surface area contributed by atoms with E-state index in [4.69, 9.17) is 0 Å². The summed E-state index contributed by atoms with van der Waals surface area (Å²) < 4.78 is 12.5. The molecule has 1 aromatic rings. The van der Waals surface area contributed by atoms with E-state index in [0.29, 0.717) is 0 Å². The Morgan fingerprint density at radius 3 is 3.08 bits per heavy atom. The summed E-state index contributed by atoms with van der Waals surface area (Å²) in [6.45, 7) is 0. The molecule has 1 heterocycles. The summed E-state index contributed by atoms with van der Waals surface area (Å²) in [6, 6.07) is 1.11. The van der Waals surface area contributed by atoms with Gasteiger partial charge in [0.2, 0.25) is 0 Å². The average Bonchev–Trinajstić information content (AvgIpc) is 2.07. The number of aromatic nitrogens is 1. The van der Waals surface area contributed by atoms with Crippen molar-refractivity contribution in [1.82, 2.24) is 4.98 Å². The van der Waals surface area contributed by atoms with E-state index in [1.54, 1.807) is 0 Å². The highest BCUT2D eigenvalue weighted by Gasteiger charge is 1.96. The van der Waals surface area contributed by atoms with Crippen LogP contribution in [0.25, 0.3) is 0 Å². The molecule has 5 heteroatoms. The van der Waals surface area contributed by atoms with Crippen LogP contribution in [0, 0.1) is 17.0 Å². The highest BCUT2D eigenvalue weighted by atomic mass is 127. The van der Waals surface area contributed by atoms with Gasteiger partial charge in [-0.3, -0.25) is 4.79 Å². The van der Waals surface area contributed by atoms with Crippen molar-refractivity contribution in [1.29, 1.82) is 0 Å². The number of hydrogen-bond acceptors (Lipinski definition) is 2. The lowest BCUT2D eigenvalue weighted by atomic mass is 10.3. The lowest BCUT2D eigenvalue weighted by Crippen LogP contribution is -2.09. The van der Waals surface area contributed by atoms with Crippen LogP contribution in [0.2, 0.25) is 0 Å². The van der Waals surface area contributed by atoms with Crippen molar-refractivity contribution in [3.8, 4) is 11.2 Å². The molecule has 0 radical (unpaired) electrons. The number of aromatic amines is 1. The maximum absolute atomic E-state index is 12.5. The van der Waals surface area contributed by atoms with Gasteiger partial charge in [0.1, 0.15) is 5.82 Å². The Kier molecular flexibility index (Phi) is 3.62. The first-order chi connectivity index (χ1) is 5.74. The molecular formula is C7H3FINOS. The van der Waals surface area contributed by atoms with Crippen molar-refractivity contribution < 1.29 is 4.39 Å². The van der Waals surface area contributed by atoms with E-state index in [-0.39, 0.29) is 11.1 Å². The molecule has 0 unspecified atom stereocenters. The lowest BCUT2D eigenvalue weighted by molar-refractivity contribution is 0.619. The fourth-order valence-electron chi connectivity index (χ4n) is 0.624. The number of rotatable bonds is 0. The second-order valence-electron chi connectivity index (χ2n) is 1.86. The Labute approximate surface area is 84.5 Å². The summed E-state index contributed by atoms with van der Waals surface area (Å²) in [6.07, 6.45) is 1.00. The number of H-pyrrole nitrogens is 1. The smallest absolute Gasteiger partial charge is 0.263 e. The van der Waals surface area contributed by atoms with E-state index in [2.05, 4.69) is 16.2 Å². The second kappa shape index (κ2) is 4.52. The molecule has 0 spiro atoms. The predicted octanol–water partition coefficient (Wildman–Crippen LogP) is 1.91. The van der Waals surface area contributed by atoms with Crippen LogP contribution in [0.4, 0.5) is 4.39 Å². The number of nitrogens with one attached hydrogen (secondary N) is 1. The molecule has 0 amide bonds. The maximum Gasteiger partial charge on any atom is 0.263 e. The summed E-state index contributed by atoms with van der Waals surface area (Å²) in [5.41, 5.74) is -0.214. The van der Waals surface area contributed by atoms with Gasteiger partial charge in [-0.15, -0.1) is 0 Å². The molecule has 1 rings (SSSR count). The first kappa shape index (κ1) is 9.61. The van der Waals surface area contributed by atoms with Crippen LogP contribution in [0.15, 0.2) is 17.1 Å². The minimum absolute atomic E-state index is 0.152. The summed E-state index contributed by atoms with van der Waals surface area (Å²) in [7, 11) is 1.24. The Balaban J connectivity index is 3.14. The number of pyridine rings is 1. The molecule has 1 N–H and O–H groups in total. The second-order valence-corrected chi connectivity index (χ2v) is 3.54. The van der Waals surface area contributed by atoms with Crippen LogP contribution in [0.3, 0.4) is 0 Å². The number of hydrogen-bond donors (Lipinski definition) is 1. The van der Waals surface area contributed by atoms with Crippen molar-refractivity contribution in [2.24, 2.45) is 0 Å². The molecule has 0 atom stereocenters. The van der Waals surface area contributed by atoms with Gasteiger partial charge < -0.3 is 4.98 Å². The molecule has 0 saturated heterocycles. The van der Waals surface area contributed by atoms with Gasteiger partial charge in [-0.05, 0) is 26.2 Å². The molecule has 0 aliphatic heterocycles. The van der Waals surface area contributed by atoms with Gasteiger partial charge in [-0.2, -0.15) is 0 Å². The summed E-state index contributed by atoms with van der Waals surface area (Å²) in [4.78, 5) is 13.2. The fraction of sp³-hybridized carbons (Fsp3) is 0. The molecule has 1 aromatic heterocycles. The van der Waals surface area contributed by atoms with E-state index >= 15 is 0 Å². The van der Waals surface area contributed by atoms with Crippen LogP contribution in [-0.4, -0.2) is 4.98 Å². The molecule has 0 bridgehead atoms. The zero-order valence-electron chi connectivity index (χ0n) is 5.73. The molecule has 0 fully saturated rings. The van der Waals surface area contributed by atoms with E-state index in [0.717, 1.165) is 12.3 Å². The van der Waals surface area contributed by atoms with Gasteiger partial charge in [-0.25, -0.2) is 4.39 Å². The molecule has 0 aromatic carbocycles. The predicted molar refractivity (Wildman–Crippen MR) is 55.5 cm³/mol. The summed E-state index contributed by atoms with van der Waals surface area (Å²) in [5.74, 6) is 2.04. The lowest BCUT2D eigenvalue weighted by Gasteiger charge is -1.88. The monoisotopic (exact) mass is 295 g/mol. The average molecular weight is 295 g/mol. The van der Waals surface area contributed by atoms with Crippen molar-refractivity contribution in [2.75, 3.05) is 0 Å². The van der Waals surface area contributed by atoms with Crippen molar-refractivity contribution in [3.63, 3.8) is 0 Å². The minimum atomic E-state index is -0.489. The van der Waals surface area contributed by atoms with Gasteiger partial charge in [0.25, 0.3) is 5.56 Å². The van der Waals surface area contributed by atoms with Gasteiger partial charge >= 0.3 is 0 Å². The topological polar surface area (TPSA) is 32.9 Å². The Morgan fingerprint density at radius 2 is 2.42 bits per heavy atom. The number of halogens is 2. The third-order valence-electron chi connectivity index (χ3n) is 1.09. The Morgan fingerprint density at radius 1 is 1.67 bits per heavy atom. The van der Waals surface area contributed by atoms with Crippen molar-refractivity contribution in [3.05, 3.63) is 34.0 Å². The molecule has 62 valence electrons. The van der Waals surface area contributed by atoms with Crippen LogP contribution >= 0.6 is 30.1 Å². The third-order valence-corrected chi connectivity index (χ3v) is 1.93. The standard InChI is InChI=1S/C7H3FINOS/c8-6-3-5(1-2-12-9)7(11)10-4-6/h3-4H,(H,10,11). The van der Waals surface area contributed by atoms with E-state index < -0.39 is 5.82 Å². The van der Waals surface area contributed by atoms with E-state index in [1.165, 1.54) is 8.93 Å². The Bertz CT molecular complexity index is 392. The molecule has 12 heavy (non-hydrogen) atoms. The third kappa shape index (κ3) is 2.53. The van der Waals surface area contributed by atoms with Gasteiger partial charge in [0.05, 0.1) is 5.56 Å². The van der Waals surface area contributed by atoms with Gasteiger partial charge in [0, 0.05) is 27.4 Å². The largest absolute Gasteiger partial charge is 0.325 e. The first-order valence-electron chi connectivity index (χ1n) is 2.91. The Hall–Kier alpha value is -0.480. The SMILES string of the molecule is O=c1[nH]cc(F)cc1C#CSI. The van der Waals surface area contributed by atoms with Crippen molar-refractivity contribution in [2.45, 2.75) is 0 Å². The van der Waals surface area contributed by atoms with Gasteiger partial charge in [-0.1, -0.05) is 0 Å². The molecule has 0 aliphatic rings. The first-order valence-corrected chi connectivity index (χ1v) is 6.27. The molecular weight excluding hydrogens is 292 g/mol. The quantitative estimate of drug-likeness (QED) is 0.586. The van der Waals surface area contributed by atoms with E-state index in [9.17, 15) is 9.18 Å². The molecule has 2 nitrogen and oxygen atoms in total. The zero-order valence-corrected chi connectivity index (χ0v) is 8.70. The summed E-state index contributed by atoms with van der Waals surface area (Å²) in [5, 5.41) is 2.60. The normalized spacial score (nSPS) is 8.83. The molecule has 0 aliphatic carbocycles. The minimum Gasteiger partial charge on any atom is -0.325 e. The van der Waals surface area contributed by atoms with Crippen LogP contribution < -0.4 is 5.56 Å². The van der Waals surface area contributed by atoms with Crippen LogP contribution in [0.1, 0.15) is 5.56 Å². The highest BCUT2D eigenvalue weighted by molar-refractivity contribution is 14.2. The van der Waals surface area contributed by atoms with Crippen LogP contribution in [0.5, 0.6) is 0 Å². The van der Waals surface area contributed by atoms with Crippen molar-refractivity contribution >= 4 is 30.1 Å². The fourth-order valence-corrected chi connectivity index (χ4v) is 1.10. The van der Waals surface area contributed by atoms with Crippen LogP contribution in [-0.2, 0) is 0 Å². The zero-order chi connectivity index (χ0) is 8.97. The highest BCUT2D eigenvalue weighted by Crippen LogP contribution is 2.07. The van der Waals surface area contributed by atoms with Gasteiger partial charge in [0.15, 0.2) is 0 Å². The van der Waals surface area contributed by atoms with E-state index in [1.807, 2.05) is 21.2 Å². The summed E-state index contributed by atoms with van der Waals surface area (Å²) >= 11 is 1.97. The molecule has 0 saturated carbocycles. The maximum atomic E-state index is 12.5.